The molecule has 0 aliphatic heterocycles. The summed E-state index contributed by atoms with van der Waals surface area (Å²) in [7, 11) is 0. The van der Waals surface area contributed by atoms with Crippen LogP contribution in [0, 0.1) is 0 Å². The van der Waals surface area contributed by atoms with Crippen molar-refractivity contribution in [2.45, 2.75) is 57.1 Å². The molecule has 0 radical (unpaired) electrons. The van der Waals surface area contributed by atoms with Crippen molar-refractivity contribution in [1.82, 2.24) is 24.7 Å². The first-order valence-electron chi connectivity index (χ1n) is 9.30. The molecule has 31 heavy (non-hydrogen) atoms. The van der Waals surface area contributed by atoms with Crippen molar-refractivity contribution in [3.05, 3.63) is 35.9 Å². The van der Waals surface area contributed by atoms with Gasteiger partial charge in [-0.3, -0.25) is 4.98 Å². The molecule has 0 saturated heterocycles. The monoisotopic (exact) mass is 463 g/mol. The zero-order valence-corrected chi connectivity index (χ0v) is 18.2. The van der Waals surface area contributed by atoms with Crippen LogP contribution in [0.15, 0.2) is 24.5 Å². The number of halogens is 3. The lowest BCUT2D eigenvalue weighted by Gasteiger charge is -2.27. The molecular weight excluding hydrogens is 439 g/mol. The van der Waals surface area contributed by atoms with E-state index in [0.717, 1.165) is 6.20 Å². The largest absolute Gasteiger partial charge is 0.598 e. The number of carbonyl (C=O) groups is 1. The van der Waals surface area contributed by atoms with Crippen molar-refractivity contribution in [1.29, 1.82) is 0 Å². The van der Waals surface area contributed by atoms with Gasteiger partial charge in [0.2, 0.25) is 0 Å². The zero-order chi connectivity index (χ0) is 23.4. The van der Waals surface area contributed by atoms with Crippen LogP contribution in [0.1, 0.15) is 57.6 Å². The van der Waals surface area contributed by atoms with E-state index in [1.807, 2.05) is 0 Å². The van der Waals surface area contributed by atoms with Crippen LogP contribution in [0.5, 0.6) is 5.75 Å². The first kappa shape index (κ1) is 24.9. The third-order valence-electron chi connectivity index (χ3n) is 4.05. The Bertz CT molecular complexity index is 870. The molecule has 2 N–H and O–H groups in total. The van der Waals surface area contributed by atoms with Gasteiger partial charge in [0, 0.05) is 11.4 Å². The third-order valence-corrected chi connectivity index (χ3v) is 5.62. The molecule has 2 unspecified atom stereocenters. The maximum atomic E-state index is 12.7. The van der Waals surface area contributed by atoms with Gasteiger partial charge in [0.15, 0.2) is 12.6 Å². The molecule has 9 nitrogen and oxygen atoms in total. The van der Waals surface area contributed by atoms with Crippen LogP contribution in [0.2, 0.25) is 0 Å². The molecule has 0 aliphatic carbocycles. The molecule has 0 aliphatic rings. The summed E-state index contributed by atoms with van der Waals surface area (Å²) < 4.78 is 57.8. The number of hydrogen-bond donors (Lipinski definition) is 2. The normalized spacial score (nSPS) is 15.4. The Morgan fingerprint density at radius 1 is 1.32 bits per heavy atom. The molecule has 0 saturated carbocycles. The number of carboxylic acids is 1. The molecule has 172 valence electrons. The number of nitrogens with one attached hydrogen (secondary N) is 1. The molecule has 0 spiro atoms. The van der Waals surface area contributed by atoms with E-state index in [-0.39, 0.29) is 17.9 Å². The Hall–Kier alpha value is -2.38. The molecular formula is C18H24F3N5O4S. The number of hydrogen-bond acceptors (Lipinski definition) is 7. The van der Waals surface area contributed by atoms with E-state index in [2.05, 4.69) is 24.8 Å². The summed E-state index contributed by atoms with van der Waals surface area (Å²) in [6.07, 6.45) is -1.68. The van der Waals surface area contributed by atoms with Gasteiger partial charge in [0.1, 0.15) is 22.2 Å². The summed E-state index contributed by atoms with van der Waals surface area (Å²) in [6.45, 7) is 5.49. The quantitative estimate of drug-likeness (QED) is 0.544. The Balaban J connectivity index is 2.33. The van der Waals surface area contributed by atoms with Gasteiger partial charge in [-0.25, -0.2) is 9.48 Å². The van der Waals surface area contributed by atoms with Crippen molar-refractivity contribution in [2.75, 3.05) is 6.61 Å². The number of carboxylic acid groups (broad SMARTS) is 1. The van der Waals surface area contributed by atoms with Gasteiger partial charge in [0.05, 0.1) is 18.1 Å². The summed E-state index contributed by atoms with van der Waals surface area (Å²) in [6, 6.07) is 0.939. The lowest BCUT2D eigenvalue weighted by molar-refractivity contribution is -0.153. The Morgan fingerprint density at radius 3 is 2.48 bits per heavy atom. The van der Waals surface area contributed by atoms with Crippen LogP contribution >= 0.6 is 0 Å². The van der Waals surface area contributed by atoms with Crippen LogP contribution in [0.3, 0.4) is 0 Å². The van der Waals surface area contributed by atoms with Crippen molar-refractivity contribution in [3.8, 4) is 5.75 Å². The minimum Gasteiger partial charge on any atom is -0.598 e. The summed E-state index contributed by atoms with van der Waals surface area (Å²) in [5.74, 6) is -1.16. The third kappa shape index (κ3) is 7.08. The molecule has 13 heteroatoms. The standard InChI is InChI=1S/C18H24F3N5O4S/c1-5-14(16(27)28)26-9-13(23-25-26)15(24-31(29)17(2,3)4)12-7-6-11(8-22-12)30-10-18(19,20)21/h6-9,14-15,24H,5,10H2,1-4H3,(H,27,28)/t14?,15?,31-/m0/s1. The van der Waals surface area contributed by atoms with E-state index < -0.39 is 46.9 Å². The average molecular weight is 463 g/mol. The van der Waals surface area contributed by atoms with Crippen molar-refractivity contribution in [3.63, 3.8) is 0 Å². The van der Waals surface area contributed by atoms with Crippen LogP contribution in [0.4, 0.5) is 13.2 Å². The van der Waals surface area contributed by atoms with E-state index in [0.29, 0.717) is 5.69 Å². The number of aromatic nitrogens is 4. The molecule has 2 rings (SSSR count). The maximum Gasteiger partial charge on any atom is 0.422 e. The van der Waals surface area contributed by atoms with Gasteiger partial charge < -0.3 is 14.4 Å². The molecule has 2 aromatic heterocycles. The van der Waals surface area contributed by atoms with E-state index in [4.69, 9.17) is 0 Å². The Labute approximate surface area is 180 Å². The lowest BCUT2D eigenvalue weighted by atomic mass is 10.1. The summed E-state index contributed by atoms with van der Waals surface area (Å²) >= 11 is -1.56. The highest BCUT2D eigenvalue weighted by Gasteiger charge is 2.33. The first-order valence-corrected chi connectivity index (χ1v) is 10.4. The average Bonchev–Trinajstić information content (AvgIpc) is 3.13. The van der Waals surface area contributed by atoms with Gasteiger partial charge in [-0.2, -0.15) is 13.2 Å². The van der Waals surface area contributed by atoms with Crippen molar-refractivity contribution >= 4 is 17.3 Å². The SMILES string of the molecule is CCC(C(=O)O)n1cc(C(N[S@@+]([O-])C(C)(C)C)c2ccc(OCC(F)(F)F)cn2)nn1. The Kier molecular flexibility index (Phi) is 7.89. The Morgan fingerprint density at radius 2 is 2.00 bits per heavy atom. The van der Waals surface area contributed by atoms with E-state index >= 15 is 0 Å². The first-order chi connectivity index (χ1) is 14.3. The lowest BCUT2D eigenvalue weighted by Crippen LogP contribution is -2.42. The molecule has 0 aromatic carbocycles. The van der Waals surface area contributed by atoms with Gasteiger partial charge in [0.25, 0.3) is 0 Å². The molecule has 3 atom stereocenters. The summed E-state index contributed by atoms with van der Waals surface area (Å²) in [5, 5.41) is 17.2. The predicted molar refractivity (Wildman–Crippen MR) is 106 cm³/mol. The van der Waals surface area contributed by atoms with E-state index in [9.17, 15) is 27.6 Å². The van der Waals surface area contributed by atoms with Crippen LogP contribution in [-0.2, 0) is 16.2 Å². The second-order valence-corrected chi connectivity index (χ2v) is 9.64. The van der Waals surface area contributed by atoms with Crippen molar-refractivity contribution < 1.29 is 32.4 Å². The maximum absolute atomic E-state index is 12.7. The fraction of sp³-hybridized carbons (Fsp3) is 0.556. The van der Waals surface area contributed by atoms with E-state index in [1.54, 1.807) is 27.7 Å². The molecule has 0 bridgehead atoms. The highest BCUT2D eigenvalue weighted by Crippen LogP contribution is 2.26. The molecule has 2 heterocycles. The number of pyridine rings is 1. The number of ether oxygens (including phenoxy) is 1. The van der Waals surface area contributed by atoms with E-state index in [1.165, 1.54) is 23.0 Å². The predicted octanol–water partition coefficient (Wildman–Crippen LogP) is 2.79. The number of nitrogens with zero attached hydrogens (tertiary/aromatic N) is 4. The summed E-state index contributed by atoms with van der Waals surface area (Å²) in [4.78, 5) is 15.5. The highest BCUT2D eigenvalue weighted by atomic mass is 32.2. The fourth-order valence-corrected chi connectivity index (χ4v) is 3.23. The van der Waals surface area contributed by atoms with Gasteiger partial charge in [-0.05, 0) is 39.3 Å². The topological polar surface area (TPSA) is 125 Å². The van der Waals surface area contributed by atoms with Crippen LogP contribution in [-0.4, -0.2) is 53.1 Å². The summed E-state index contributed by atoms with van der Waals surface area (Å²) in [5.41, 5.74) is 0.557. The van der Waals surface area contributed by atoms with Gasteiger partial charge in [-0.15, -0.1) is 9.82 Å². The molecule has 0 fully saturated rings. The van der Waals surface area contributed by atoms with Crippen LogP contribution < -0.4 is 9.46 Å². The van der Waals surface area contributed by atoms with Crippen molar-refractivity contribution in [2.24, 2.45) is 0 Å². The number of alkyl halides is 3. The second-order valence-electron chi connectivity index (χ2n) is 7.64. The molecule has 0 amide bonds. The highest BCUT2D eigenvalue weighted by molar-refractivity contribution is 7.90. The minimum atomic E-state index is -4.48. The molecule has 2 aromatic rings. The smallest absolute Gasteiger partial charge is 0.422 e. The fourth-order valence-electron chi connectivity index (χ4n) is 2.42. The van der Waals surface area contributed by atoms with Crippen LogP contribution in [0.25, 0.3) is 0 Å². The van der Waals surface area contributed by atoms with Gasteiger partial charge >= 0.3 is 12.1 Å². The second kappa shape index (κ2) is 9.83. The number of aliphatic carboxylic acids is 1. The minimum absolute atomic E-state index is 0.0858. The number of rotatable bonds is 9. The van der Waals surface area contributed by atoms with Gasteiger partial charge in [-0.1, -0.05) is 12.1 Å². The zero-order valence-electron chi connectivity index (χ0n) is 17.4.